The van der Waals surface area contributed by atoms with Gasteiger partial charge in [-0.3, -0.25) is 0 Å². The monoisotopic (exact) mass is 355 g/mol. The second kappa shape index (κ2) is 7.99. The molecule has 0 unspecified atom stereocenters. The van der Waals surface area contributed by atoms with E-state index in [9.17, 15) is 4.79 Å². The summed E-state index contributed by atoms with van der Waals surface area (Å²) in [7, 11) is 0. The summed E-state index contributed by atoms with van der Waals surface area (Å²) >= 11 is 5.88. The van der Waals surface area contributed by atoms with E-state index in [0.717, 1.165) is 23.3 Å². The Bertz CT molecular complexity index is 825. The van der Waals surface area contributed by atoms with Crippen LogP contribution in [0.5, 0.6) is 5.75 Å². The van der Waals surface area contributed by atoms with Crippen molar-refractivity contribution in [3.8, 4) is 5.75 Å². The Morgan fingerprint density at radius 1 is 1.16 bits per heavy atom. The van der Waals surface area contributed by atoms with E-state index >= 15 is 0 Å². The molecule has 0 aromatic heterocycles. The summed E-state index contributed by atoms with van der Waals surface area (Å²) in [6.07, 6.45) is 3.00. The van der Waals surface area contributed by atoms with E-state index < -0.39 is 5.97 Å². The molecule has 5 heteroatoms. The van der Waals surface area contributed by atoms with Gasteiger partial charge in [-0.15, -0.1) is 0 Å². The molecule has 0 N–H and O–H groups in total. The smallest absolute Gasteiger partial charge is 0.363 e. The average molecular weight is 356 g/mol. The molecule has 0 fully saturated rings. The first-order valence-corrected chi connectivity index (χ1v) is 8.50. The number of aryl methyl sites for hydroxylation is 1. The molecule has 128 valence electrons. The highest BCUT2D eigenvalue weighted by molar-refractivity contribution is 6.30. The lowest BCUT2D eigenvalue weighted by Gasteiger charge is -2.03. The first kappa shape index (κ1) is 17.2. The minimum atomic E-state index is -0.423. The normalized spacial score (nSPS) is 15.2. The number of carbonyl (C=O) groups excluding carboxylic acids is 1. The van der Waals surface area contributed by atoms with E-state index in [2.05, 4.69) is 4.99 Å². The lowest BCUT2D eigenvalue weighted by molar-refractivity contribution is -0.130. The van der Waals surface area contributed by atoms with Crippen molar-refractivity contribution < 1.29 is 14.3 Å². The fraction of sp³-hybridized carbons (Fsp3) is 0.200. The summed E-state index contributed by atoms with van der Waals surface area (Å²) in [6.45, 7) is 2.52. The molecule has 0 spiro atoms. The van der Waals surface area contributed by atoms with E-state index in [0.29, 0.717) is 29.6 Å². The zero-order valence-electron chi connectivity index (χ0n) is 13.9. The lowest BCUT2D eigenvalue weighted by Crippen LogP contribution is -2.05. The Kier molecular flexibility index (Phi) is 5.51. The molecule has 1 heterocycles. The van der Waals surface area contributed by atoms with Crippen LogP contribution in [0, 0.1) is 0 Å². The molecular weight excluding hydrogens is 338 g/mol. The van der Waals surface area contributed by atoms with Crippen LogP contribution in [-0.2, 0) is 16.0 Å². The van der Waals surface area contributed by atoms with Crippen molar-refractivity contribution in [3.63, 3.8) is 0 Å². The standard InChI is InChI=1S/C20H18ClNO3/c1-2-24-17-5-3-4-15(12-17)13-18-20(23)25-19(22-18)11-8-14-6-9-16(21)10-7-14/h3-7,9-10,12-13H,2,8,11H2,1H3/b18-13+. The second-order valence-corrected chi connectivity index (χ2v) is 5.99. The van der Waals surface area contributed by atoms with Crippen molar-refractivity contribution in [2.75, 3.05) is 6.61 Å². The summed E-state index contributed by atoms with van der Waals surface area (Å²) in [5.74, 6) is 0.773. The van der Waals surface area contributed by atoms with Crippen LogP contribution in [0.3, 0.4) is 0 Å². The molecule has 25 heavy (non-hydrogen) atoms. The summed E-state index contributed by atoms with van der Waals surface area (Å²) < 4.78 is 10.7. The van der Waals surface area contributed by atoms with E-state index in [-0.39, 0.29) is 0 Å². The maximum Gasteiger partial charge on any atom is 0.363 e. The molecule has 1 aliphatic rings. The molecule has 2 aromatic rings. The fourth-order valence-corrected chi connectivity index (χ4v) is 2.61. The van der Waals surface area contributed by atoms with Gasteiger partial charge < -0.3 is 9.47 Å². The van der Waals surface area contributed by atoms with Gasteiger partial charge in [0.2, 0.25) is 0 Å². The van der Waals surface area contributed by atoms with Crippen LogP contribution in [-0.4, -0.2) is 18.5 Å². The molecular formula is C20H18ClNO3. The van der Waals surface area contributed by atoms with Crippen molar-refractivity contribution in [1.29, 1.82) is 0 Å². The number of benzene rings is 2. The molecule has 0 radical (unpaired) electrons. The van der Waals surface area contributed by atoms with Gasteiger partial charge >= 0.3 is 5.97 Å². The number of ether oxygens (including phenoxy) is 2. The van der Waals surface area contributed by atoms with E-state index in [4.69, 9.17) is 21.1 Å². The van der Waals surface area contributed by atoms with Gasteiger partial charge in [-0.05, 0) is 54.8 Å². The number of hydrogen-bond donors (Lipinski definition) is 0. The predicted molar refractivity (Wildman–Crippen MR) is 98.9 cm³/mol. The predicted octanol–water partition coefficient (Wildman–Crippen LogP) is 4.67. The topological polar surface area (TPSA) is 47.9 Å². The van der Waals surface area contributed by atoms with Crippen LogP contribution in [0.15, 0.2) is 59.2 Å². The summed E-state index contributed by atoms with van der Waals surface area (Å²) in [5.41, 5.74) is 2.27. The van der Waals surface area contributed by atoms with Crippen molar-refractivity contribution in [2.24, 2.45) is 4.99 Å². The number of cyclic esters (lactones) is 1. The van der Waals surface area contributed by atoms with Crippen LogP contribution in [0.2, 0.25) is 5.02 Å². The van der Waals surface area contributed by atoms with E-state index in [1.807, 2.05) is 55.5 Å². The highest BCUT2D eigenvalue weighted by atomic mass is 35.5. The maximum absolute atomic E-state index is 12.0. The van der Waals surface area contributed by atoms with Crippen LogP contribution in [0.25, 0.3) is 6.08 Å². The molecule has 2 aromatic carbocycles. The molecule has 4 nitrogen and oxygen atoms in total. The molecule has 1 aliphatic heterocycles. The van der Waals surface area contributed by atoms with Gasteiger partial charge in [-0.2, -0.15) is 0 Å². The highest BCUT2D eigenvalue weighted by Crippen LogP contribution is 2.21. The molecule has 0 aliphatic carbocycles. The Hall–Kier alpha value is -2.59. The Balaban J connectivity index is 1.69. The van der Waals surface area contributed by atoms with Crippen LogP contribution in [0.1, 0.15) is 24.5 Å². The Labute approximate surface area is 151 Å². The number of hydrogen-bond acceptors (Lipinski definition) is 4. The van der Waals surface area contributed by atoms with Crippen LogP contribution in [0.4, 0.5) is 0 Å². The zero-order chi connectivity index (χ0) is 17.6. The van der Waals surface area contributed by atoms with Gasteiger partial charge in [0, 0.05) is 11.4 Å². The molecule has 0 saturated heterocycles. The number of aliphatic imine (C=N–C) groups is 1. The molecule has 0 saturated carbocycles. The van der Waals surface area contributed by atoms with E-state index in [1.165, 1.54) is 0 Å². The molecule has 3 rings (SSSR count). The SMILES string of the molecule is CCOc1cccc(/C=C2/N=C(CCc3ccc(Cl)cc3)OC2=O)c1. The van der Waals surface area contributed by atoms with E-state index in [1.54, 1.807) is 6.08 Å². The first-order chi connectivity index (χ1) is 12.1. The number of esters is 1. The van der Waals surface area contributed by atoms with Crippen LogP contribution >= 0.6 is 11.6 Å². The maximum atomic E-state index is 12.0. The fourth-order valence-electron chi connectivity index (χ4n) is 2.48. The van der Waals surface area contributed by atoms with Crippen LogP contribution < -0.4 is 4.74 Å². The average Bonchev–Trinajstić information content (AvgIpc) is 2.95. The molecule has 0 atom stereocenters. The van der Waals surface area contributed by atoms with Gasteiger partial charge in [-0.25, -0.2) is 9.79 Å². The number of rotatable bonds is 6. The zero-order valence-corrected chi connectivity index (χ0v) is 14.6. The first-order valence-electron chi connectivity index (χ1n) is 8.13. The number of halogens is 1. The van der Waals surface area contributed by atoms with Crippen molar-refractivity contribution in [1.82, 2.24) is 0 Å². The van der Waals surface area contributed by atoms with Gasteiger partial charge in [0.05, 0.1) is 6.61 Å². The highest BCUT2D eigenvalue weighted by Gasteiger charge is 2.22. The van der Waals surface area contributed by atoms with Gasteiger partial charge in [0.25, 0.3) is 0 Å². The minimum absolute atomic E-state index is 0.305. The van der Waals surface area contributed by atoms with Crippen molar-refractivity contribution >= 4 is 29.5 Å². The van der Waals surface area contributed by atoms with Gasteiger partial charge in [0.1, 0.15) is 5.75 Å². The number of carbonyl (C=O) groups is 1. The number of nitrogens with zero attached hydrogens (tertiary/aromatic N) is 1. The third kappa shape index (κ3) is 4.70. The second-order valence-electron chi connectivity index (χ2n) is 5.56. The Morgan fingerprint density at radius 2 is 1.96 bits per heavy atom. The third-order valence-electron chi connectivity index (χ3n) is 3.68. The Morgan fingerprint density at radius 3 is 2.72 bits per heavy atom. The molecule has 0 bridgehead atoms. The van der Waals surface area contributed by atoms with Crippen molar-refractivity contribution in [2.45, 2.75) is 19.8 Å². The summed E-state index contributed by atoms with van der Waals surface area (Å²) in [4.78, 5) is 16.3. The van der Waals surface area contributed by atoms with Crippen molar-refractivity contribution in [3.05, 3.63) is 70.4 Å². The summed E-state index contributed by atoms with van der Waals surface area (Å²) in [6, 6.07) is 15.1. The largest absolute Gasteiger partial charge is 0.494 e. The van der Waals surface area contributed by atoms with Gasteiger partial charge in [-0.1, -0.05) is 35.9 Å². The molecule has 0 amide bonds. The lowest BCUT2D eigenvalue weighted by atomic mass is 10.1. The quantitative estimate of drug-likeness (QED) is 0.559. The minimum Gasteiger partial charge on any atom is -0.494 e. The van der Waals surface area contributed by atoms with Gasteiger partial charge in [0.15, 0.2) is 11.6 Å². The third-order valence-corrected chi connectivity index (χ3v) is 3.93. The summed E-state index contributed by atoms with van der Waals surface area (Å²) in [5, 5.41) is 0.702.